The van der Waals surface area contributed by atoms with Gasteiger partial charge in [-0.2, -0.15) is 0 Å². The number of nitrogens with one attached hydrogen (secondary N) is 1. The van der Waals surface area contributed by atoms with Crippen molar-refractivity contribution in [3.63, 3.8) is 0 Å². The monoisotopic (exact) mass is 393 g/mol. The van der Waals surface area contributed by atoms with Gasteiger partial charge in [-0.1, -0.05) is 19.4 Å². The number of fused-ring (bicyclic) bond motifs is 1. The number of thioether (sulfide) groups is 1. The zero-order chi connectivity index (χ0) is 20.0. The van der Waals surface area contributed by atoms with E-state index >= 15 is 0 Å². The highest BCUT2D eigenvalue weighted by molar-refractivity contribution is 8.01. The number of amidine groups is 1. The van der Waals surface area contributed by atoms with Crippen molar-refractivity contribution in [2.45, 2.75) is 42.8 Å². The molecule has 2 aliphatic heterocycles. The Morgan fingerprint density at radius 3 is 2.59 bits per heavy atom. The second-order valence-electron chi connectivity index (χ2n) is 6.90. The standard InChI is InChI=1S/C17H25N3S.C2H2O4/c1-4-7-17(11-16-18-8-9-19-16)12-20(3)14-10-13(2)5-6-15(14)21-17;3-1(4)2(5)6/h5-6,10H,4,7-9,11-12H2,1-3H3,(H,18,19);(H,3,4)(H,5,6). The fraction of sp³-hybridized carbons (Fsp3) is 0.526. The predicted octanol–water partition coefficient (Wildman–Crippen LogP) is 2.62. The molecule has 1 unspecified atom stereocenters. The molecule has 148 valence electrons. The Balaban J connectivity index is 0.000000380. The number of aliphatic carboxylic acids is 2. The molecule has 0 aliphatic carbocycles. The van der Waals surface area contributed by atoms with E-state index in [2.05, 4.69) is 66.1 Å². The van der Waals surface area contributed by atoms with Gasteiger partial charge < -0.3 is 20.4 Å². The summed E-state index contributed by atoms with van der Waals surface area (Å²) in [5, 5.41) is 18.2. The molecule has 3 N–H and O–H groups in total. The highest BCUT2D eigenvalue weighted by Gasteiger charge is 2.38. The molecule has 0 amide bonds. The Hall–Kier alpha value is -2.22. The van der Waals surface area contributed by atoms with Crippen molar-refractivity contribution < 1.29 is 19.8 Å². The summed E-state index contributed by atoms with van der Waals surface area (Å²) in [7, 11) is 2.23. The van der Waals surface area contributed by atoms with E-state index in [0.717, 1.165) is 26.1 Å². The number of carbonyl (C=O) groups is 2. The normalized spacial score (nSPS) is 20.7. The SMILES string of the molecule is CCCC1(CC2=NCCN2)CN(C)c2cc(C)ccc2S1.O=C(O)C(=O)O. The van der Waals surface area contributed by atoms with Crippen LogP contribution in [0.5, 0.6) is 0 Å². The molecular formula is C19H27N3O4S. The van der Waals surface area contributed by atoms with Crippen LogP contribution in [0.4, 0.5) is 5.69 Å². The van der Waals surface area contributed by atoms with Gasteiger partial charge in [-0.05, 0) is 31.0 Å². The molecule has 2 aliphatic rings. The van der Waals surface area contributed by atoms with Crippen molar-refractivity contribution in [1.29, 1.82) is 0 Å². The smallest absolute Gasteiger partial charge is 0.414 e. The molecule has 0 spiro atoms. The first-order chi connectivity index (χ1) is 12.8. The lowest BCUT2D eigenvalue weighted by atomic mass is 9.96. The van der Waals surface area contributed by atoms with Crippen molar-refractivity contribution in [2.75, 3.05) is 31.6 Å². The van der Waals surface area contributed by atoms with Gasteiger partial charge in [0.05, 0.1) is 18.1 Å². The number of hydrogen-bond acceptors (Lipinski definition) is 6. The molecule has 8 heteroatoms. The van der Waals surface area contributed by atoms with E-state index in [4.69, 9.17) is 19.8 Å². The minimum absolute atomic E-state index is 0.252. The summed E-state index contributed by atoms with van der Waals surface area (Å²) in [4.78, 5) is 26.7. The first kappa shape index (κ1) is 21.1. The van der Waals surface area contributed by atoms with Crippen molar-refractivity contribution in [2.24, 2.45) is 4.99 Å². The Kier molecular flexibility index (Phi) is 7.12. The number of hydrogen-bond donors (Lipinski definition) is 3. The summed E-state index contributed by atoms with van der Waals surface area (Å²) in [5.41, 5.74) is 2.72. The molecule has 0 bridgehead atoms. The van der Waals surface area contributed by atoms with Crippen LogP contribution in [-0.4, -0.2) is 59.4 Å². The van der Waals surface area contributed by atoms with Gasteiger partial charge in [0.1, 0.15) is 0 Å². The van der Waals surface area contributed by atoms with Crippen LogP contribution in [0.3, 0.4) is 0 Å². The highest BCUT2D eigenvalue weighted by atomic mass is 32.2. The lowest BCUT2D eigenvalue weighted by Gasteiger charge is -2.43. The maximum atomic E-state index is 9.10. The zero-order valence-electron chi connectivity index (χ0n) is 16.0. The van der Waals surface area contributed by atoms with Crippen LogP contribution in [0.2, 0.25) is 0 Å². The predicted molar refractivity (Wildman–Crippen MR) is 108 cm³/mol. The summed E-state index contributed by atoms with van der Waals surface area (Å²) in [5.74, 6) is -2.44. The summed E-state index contributed by atoms with van der Waals surface area (Å²) >= 11 is 2.07. The summed E-state index contributed by atoms with van der Waals surface area (Å²) in [6.45, 7) is 7.50. The topological polar surface area (TPSA) is 102 Å². The third kappa shape index (κ3) is 5.63. The van der Waals surface area contributed by atoms with Gasteiger partial charge in [-0.15, -0.1) is 11.8 Å². The van der Waals surface area contributed by atoms with Crippen molar-refractivity contribution in [1.82, 2.24) is 5.32 Å². The molecule has 1 atom stereocenters. The van der Waals surface area contributed by atoms with Crippen molar-refractivity contribution >= 4 is 35.2 Å². The van der Waals surface area contributed by atoms with Gasteiger partial charge >= 0.3 is 11.9 Å². The molecule has 0 fully saturated rings. The molecule has 0 saturated carbocycles. The van der Waals surface area contributed by atoms with E-state index in [9.17, 15) is 0 Å². The van der Waals surface area contributed by atoms with Gasteiger partial charge in [-0.3, -0.25) is 4.99 Å². The number of carboxylic acids is 2. The van der Waals surface area contributed by atoms with Gasteiger partial charge in [0, 0.05) is 36.2 Å². The fourth-order valence-corrected chi connectivity index (χ4v) is 5.13. The summed E-state index contributed by atoms with van der Waals surface area (Å²) in [6.07, 6.45) is 3.51. The Labute approximate surface area is 163 Å². The number of aryl methyl sites for hydroxylation is 1. The van der Waals surface area contributed by atoms with Crippen LogP contribution in [0.15, 0.2) is 28.1 Å². The lowest BCUT2D eigenvalue weighted by Crippen LogP contribution is -2.45. The third-order valence-corrected chi connectivity index (χ3v) is 5.97. The first-order valence-electron chi connectivity index (χ1n) is 9.00. The van der Waals surface area contributed by atoms with Crippen molar-refractivity contribution in [3.05, 3.63) is 23.8 Å². The number of anilines is 1. The van der Waals surface area contributed by atoms with Crippen LogP contribution in [0.1, 0.15) is 31.7 Å². The second-order valence-corrected chi connectivity index (χ2v) is 8.41. The van der Waals surface area contributed by atoms with Gasteiger partial charge in [0.25, 0.3) is 0 Å². The first-order valence-corrected chi connectivity index (χ1v) is 9.82. The van der Waals surface area contributed by atoms with Gasteiger partial charge in [0.15, 0.2) is 0 Å². The van der Waals surface area contributed by atoms with Crippen LogP contribution >= 0.6 is 11.8 Å². The molecular weight excluding hydrogens is 366 g/mol. The quantitative estimate of drug-likeness (QED) is 0.676. The lowest BCUT2D eigenvalue weighted by molar-refractivity contribution is -0.159. The number of benzene rings is 1. The largest absolute Gasteiger partial charge is 0.473 e. The van der Waals surface area contributed by atoms with E-state index in [1.54, 1.807) is 0 Å². The minimum atomic E-state index is -1.82. The second kappa shape index (κ2) is 9.12. The molecule has 0 saturated heterocycles. The maximum Gasteiger partial charge on any atom is 0.414 e. The third-order valence-electron chi connectivity index (χ3n) is 4.50. The summed E-state index contributed by atoms with van der Waals surface area (Å²) < 4.78 is 0.252. The molecule has 0 radical (unpaired) electrons. The Morgan fingerprint density at radius 1 is 1.33 bits per heavy atom. The van der Waals surface area contributed by atoms with Crippen LogP contribution in [-0.2, 0) is 9.59 Å². The zero-order valence-corrected chi connectivity index (χ0v) is 16.8. The van der Waals surface area contributed by atoms with Crippen LogP contribution < -0.4 is 10.2 Å². The number of aliphatic imine (C=N–C) groups is 1. The van der Waals surface area contributed by atoms with Gasteiger partial charge in [-0.25, -0.2) is 9.59 Å². The van der Waals surface area contributed by atoms with Gasteiger partial charge in [0.2, 0.25) is 0 Å². The van der Waals surface area contributed by atoms with E-state index in [0.29, 0.717) is 0 Å². The Bertz CT molecular complexity index is 726. The number of nitrogens with zero attached hydrogens (tertiary/aromatic N) is 2. The highest BCUT2D eigenvalue weighted by Crippen LogP contribution is 2.48. The number of rotatable bonds is 4. The Morgan fingerprint density at radius 2 is 2.04 bits per heavy atom. The van der Waals surface area contributed by atoms with Crippen LogP contribution in [0, 0.1) is 6.92 Å². The molecule has 2 heterocycles. The fourth-order valence-electron chi connectivity index (χ4n) is 3.43. The van der Waals surface area contributed by atoms with E-state index in [1.165, 1.54) is 34.8 Å². The van der Waals surface area contributed by atoms with Crippen molar-refractivity contribution in [3.8, 4) is 0 Å². The van der Waals surface area contributed by atoms with Crippen LogP contribution in [0.25, 0.3) is 0 Å². The summed E-state index contributed by atoms with van der Waals surface area (Å²) in [6, 6.07) is 6.83. The minimum Gasteiger partial charge on any atom is -0.473 e. The maximum absolute atomic E-state index is 9.10. The molecule has 1 aromatic carbocycles. The molecule has 0 aromatic heterocycles. The van der Waals surface area contributed by atoms with E-state index in [1.807, 2.05) is 0 Å². The van der Waals surface area contributed by atoms with E-state index in [-0.39, 0.29) is 4.75 Å². The molecule has 27 heavy (non-hydrogen) atoms. The molecule has 7 nitrogen and oxygen atoms in total. The van der Waals surface area contributed by atoms with E-state index < -0.39 is 11.9 Å². The average molecular weight is 394 g/mol. The molecule has 3 rings (SSSR count). The number of carboxylic acid groups (broad SMARTS) is 2. The molecule has 1 aromatic rings. The average Bonchev–Trinajstić information content (AvgIpc) is 3.09.